The molecule has 2 rings (SSSR count). The maximum Gasteiger partial charge on any atom is 0.335 e. The molecular weight excluding hydrogens is 338 g/mol. The van der Waals surface area contributed by atoms with Gasteiger partial charge in [-0.25, -0.2) is 4.79 Å². The third-order valence-electron chi connectivity index (χ3n) is 3.88. The molecule has 1 aliphatic heterocycles. The number of aryl methyl sites for hydroxylation is 1. The molecule has 1 fully saturated rings. The first-order chi connectivity index (χ1) is 9.90. The van der Waals surface area contributed by atoms with Crippen LogP contribution in [-0.2, 0) is 16.0 Å². The molecule has 1 aliphatic rings. The molecule has 0 atom stereocenters. The van der Waals surface area contributed by atoms with Crippen LogP contribution in [0.3, 0.4) is 0 Å². The highest BCUT2D eigenvalue weighted by atomic mass is 79.9. The van der Waals surface area contributed by atoms with Gasteiger partial charge < -0.3 is 15.1 Å². The zero-order valence-electron chi connectivity index (χ0n) is 11.6. The van der Waals surface area contributed by atoms with Gasteiger partial charge in [-0.3, -0.25) is 4.79 Å². The molecule has 114 valence electrons. The van der Waals surface area contributed by atoms with Crippen LogP contribution in [0.15, 0.2) is 28.7 Å². The minimum absolute atomic E-state index is 0.00496. The molecular formula is C15H18BrNO4. The highest BCUT2D eigenvalue weighted by molar-refractivity contribution is 9.10. The SMILES string of the molecule is O=C(CCc1ccc(Br)cc1)N1CCC(O)(C(=O)O)CC1. The fourth-order valence-electron chi connectivity index (χ4n) is 2.40. The van der Waals surface area contributed by atoms with Crippen LogP contribution < -0.4 is 0 Å². The third kappa shape index (κ3) is 4.04. The van der Waals surface area contributed by atoms with Crippen molar-refractivity contribution in [3.63, 3.8) is 0 Å². The Morgan fingerprint density at radius 3 is 2.29 bits per heavy atom. The highest BCUT2D eigenvalue weighted by Crippen LogP contribution is 2.23. The molecule has 0 aliphatic carbocycles. The Morgan fingerprint density at radius 2 is 1.76 bits per heavy atom. The van der Waals surface area contributed by atoms with E-state index in [0.717, 1.165) is 10.0 Å². The third-order valence-corrected chi connectivity index (χ3v) is 4.41. The van der Waals surface area contributed by atoms with E-state index in [9.17, 15) is 14.7 Å². The van der Waals surface area contributed by atoms with Gasteiger partial charge in [0.1, 0.15) is 0 Å². The molecule has 5 nitrogen and oxygen atoms in total. The summed E-state index contributed by atoms with van der Waals surface area (Å²) in [7, 11) is 0. The molecule has 0 aromatic heterocycles. The van der Waals surface area contributed by atoms with Crippen molar-refractivity contribution < 1.29 is 19.8 Å². The molecule has 0 bridgehead atoms. The van der Waals surface area contributed by atoms with Crippen LogP contribution in [0.2, 0.25) is 0 Å². The highest BCUT2D eigenvalue weighted by Gasteiger charge is 2.40. The van der Waals surface area contributed by atoms with Gasteiger partial charge in [0.15, 0.2) is 5.60 Å². The molecule has 0 unspecified atom stereocenters. The summed E-state index contributed by atoms with van der Waals surface area (Å²) in [6.45, 7) is 0.587. The van der Waals surface area contributed by atoms with Gasteiger partial charge in [-0.1, -0.05) is 28.1 Å². The predicted octanol–water partition coefficient (Wildman–Crippen LogP) is 1.82. The first-order valence-corrected chi connectivity index (χ1v) is 7.68. The standard InChI is InChI=1S/C15H18BrNO4/c16-12-4-1-11(2-5-12)3-6-13(18)17-9-7-15(21,8-10-17)14(19)20/h1-2,4-5,21H,3,6-10H2,(H,19,20). The molecule has 1 aromatic carbocycles. The van der Waals surface area contributed by atoms with E-state index in [1.54, 1.807) is 4.90 Å². The number of piperidine rings is 1. The number of carbonyl (C=O) groups is 2. The normalized spacial score (nSPS) is 17.5. The number of hydrogen-bond donors (Lipinski definition) is 2. The second-order valence-electron chi connectivity index (χ2n) is 5.34. The van der Waals surface area contributed by atoms with Crippen LogP contribution in [0.25, 0.3) is 0 Å². The molecule has 0 radical (unpaired) electrons. The summed E-state index contributed by atoms with van der Waals surface area (Å²) >= 11 is 3.36. The zero-order chi connectivity index (χ0) is 15.5. The number of amides is 1. The summed E-state index contributed by atoms with van der Waals surface area (Å²) in [5, 5.41) is 18.8. The van der Waals surface area contributed by atoms with Crippen LogP contribution in [0.5, 0.6) is 0 Å². The fraction of sp³-hybridized carbons (Fsp3) is 0.467. The Hall–Kier alpha value is -1.40. The lowest BCUT2D eigenvalue weighted by molar-refractivity contribution is -0.165. The number of halogens is 1. The van der Waals surface area contributed by atoms with Gasteiger partial charge in [-0.2, -0.15) is 0 Å². The van der Waals surface area contributed by atoms with E-state index in [1.807, 2.05) is 24.3 Å². The van der Waals surface area contributed by atoms with E-state index in [4.69, 9.17) is 5.11 Å². The van der Waals surface area contributed by atoms with Crippen molar-refractivity contribution >= 4 is 27.8 Å². The number of aliphatic carboxylic acids is 1. The number of likely N-dealkylation sites (tertiary alicyclic amines) is 1. The Labute approximate surface area is 131 Å². The monoisotopic (exact) mass is 355 g/mol. The Bertz CT molecular complexity index is 521. The van der Waals surface area contributed by atoms with Gasteiger partial charge in [0.2, 0.25) is 5.91 Å². The second kappa shape index (κ2) is 6.58. The second-order valence-corrected chi connectivity index (χ2v) is 6.26. The number of carboxylic acid groups (broad SMARTS) is 1. The lowest BCUT2D eigenvalue weighted by Crippen LogP contribution is -2.50. The molecule has 1 saturated heterocycles. The lowest BCUT2D eigenvalue weighted by Gasteiger charge is -2.35. The van der Waals surface area contributed by atoms with Crippen LogP contribution in [0.1, 0.15) is 24.8 Å². The number of carboxylic acids is 1. The minimum Gasteiger partial charge on any atom is -0.479 e. The maximum atomic E-state index is 12.1. The Morgan fingerprint density at radius 1 is 1.19 bits per heavy atom. The number of nitrogens with zero attached hydrogens (tertiary/aromatic N) is 1. The number of hydrogen-bond acceptors (Lipinski definition) is 3. The van der Waals surface area contributed by atoms with Crippen molar-refractivity contribution in [1.82, 2.24) is 4.90 Å². The van der Waals surface area contributed by atoms with Crippen molar-refractivity contribution in [2.24, 2.45) is 0 Å². The topological polar surface area (TPSA) is 77.8 Å². The van der Waals surface area contributed by atoms with Gasteiger partial charge in [-0.05, 0) is 24.1 Å². The lowest BCUT2D eigenvalue weighted by atomic mass is 9.91. The molecule has 1 aromatic rings. The first-order valence-electron chi connectivity index (χ1n) is 6.89. The van der Waals surface area contributed by atoms with Gasteiger partial charge in [0, 0.05) is 36.8 Å². The summed E-state index contributed by atoms with van der Waals surface area (Å²) in [5.74, 6) is -1.20. The number of benzene rings is 1. The Balaban J connectivity index is 1.82. The van der Waals surface area contributed by atoms with E-state index in [0.29, 0.717) is 25.9 Å². The van der Waals surface area contributed by atoms with Crippen LogP contribution in [-0.4, -0.2) is 45.7 Å². The molecule has 1 heterocycles. The Kier molecular flexibility index (Phi) is 5.00. The summed E-state index contributed by atoms with van der Waals surface area (Å²) < 4.78 is 1.00. The van der Waals surface area contributed by atoms with Crippen molar-refractivity contribution in [2.45, 2.75) is 31.3 Å². The largest absolute Gasteiger partial charge is 0.479 e. The first kappa shape index (κ1) is 16.0. The van der Waals surface area contributed by atoms with Crippen LogP contribution >= 0.6 is 15.9 Å². The van der Waals surface area contributed by atoms with Crippen LogP contribution in [0.4, 0.5) is 0 Å². The quantitative estimate of drug-likeness (QED) is 0.863. The van der Waals surface area contributed by atoms with Crippen molar-refractivity contribution in [1.29, 1.82) is 0 Å². The number of rotatable bonds is 4. The van der Waals surface area contributed by atoms with E-state index in [1.165, 1.54) is 0 Å². The summed E-state index contributed by atoms with van der Waals surface area (Å²) in [5.41, 5.74) is -0.590. The van der Waals surface area contributed by atoms with Crippen molar-refractivity contribution in [3.8, 4) is 0 Å². The van der Waals surface area contributed by atoms with E-state index in [2.05, 4.69) is 15.9 Å². The van der Waals surface area contributed by atoms with Crippen molar-refractivity contribution in [2.75, 3.05) is 13.1 Å². The molecule has 0 saturated carbocycles. The summed E-state index contributed by atoms with van der Waals surface area (Å²) in [4.78, 5) is 24.7. The van der Waals surface area contributed by atoms with Gasteiger partial charge in [-0.15, -0.1) is 0 Å². The van der Waals surface area contributed by atoms with Crippen LogP contribution in [0, 0.1) is 0 Å². The predicted molar refractivity (Wildman–Crippen MR) is 80.9 cm³/mol. The zero-order valence-corrected chi connectivity index (χ0v) is 13.2. The molecule has 0 spiro atoms. The van der Waals surface area contributed by atoms with E-state index < -0.39 is 11.6 Å². The smallest absolute Gasteiger partial charge is 0.335 e. The summed E-state index contributed by atoms with van der Waals surface area (Å²) in [6, 6.07) is 7.81. The average molecular weight is 356 g/mol. The van der Waals surface area contributed by atoms with Crippen molar-refractivity contribution in [3.05, 3.63) is 34.3 Å². The number of aliphatic hydroxyl groups is 1. The van der Waals surface area contributed by atoms with E-state index in [-0.39, 0.29) is 18.7 Å². The molecule has 21 heavy (non-hydrogen) atoms. The molecule has 1 amide bonds. The van der Waals surface area contributed by atoms with E-state index >= 15 is 0 Å². The molecule has 6 heteroatoms. The van der Waals surface area contributed by atoms with Gasteiger partial charge in [0.25, 0.3) is 0 Å². The average Bonchev–Trinajstić information content (AvgIpc) is 2.47. The van der Waals surface area contributed by atoms with Gasteiger partial charge in [0.05, 0.1) is 0 Å². The molecule has 2 N–H and O–H groups in total. The fourth-order valence-corrected chi connectivity index (χ4v) is 2.66. The number of carbonyl (C=O) groups excluding carboxylic acids is 1. The van der Waals surface area contributed by atoms with Gasteiger partial charge >= 0.3 is 5.97 Å². The minimum atomic E-state index is -1.68. The maximum absolute atomic E-state index is 12.1. The summed E-state index contributed by atoms with van der Waals surface area (Å²) in [6.07, 6.45) is 1.23.